The van der Waals surface area contributed by atoms with Crippen LogP contribution in [0, 0.1) is 0 Å². The molecular weight excluding hydrogens is 359 g/mol. The van der Waals surface area contributed by atoms with Gasteiger partial charge in [0.2, 0.25) is 0 Å². The molecule has 0 saturated heterocycles. The molecule has 0 atom stereocenters. The van der Waals surface area contributed by atoms with E-state index in [0.717, 1.165) is 0 Å². The third-order valence-corrected chi connectivity index (χ3v) is 11.1. The first kappa shape index (κ1) is 20.9. The Bertz CT molecular complexity index is 503. The van der Waals surface area contributed by atoms with E-state index in [-0.39, 0.29) is 6.33 Å². The molecule has 2 aromatic rings. The minimum atomic E-state index is -0.110. The van der Waals surface area contributed by atoms with Crippen molar-refractivity contribution in [3.8, 4) is 0 Å². The monoisotopic (exact) mass is 390 g/mol. The summed E-state index contributed by atoms with van der Waals surface area (Å²) in [7, 11) is 0. The topological polar surface area (TPSA) is 0 Å². The van der Waals surface area contributed by atoms with Crippen LogP contribution in [0.2, 0.25) is 0 Å². The standard InChI is InChI=1S/C22H31PS2/c1-2-3-4-5-6-7-8-15-20-23(24-21-16-11-9-12-17-21)25-22-18-13-10-14-19-22/h9-14,16-19H,2-8,15,20H2,1H3. The molecule has 0 aromatic heterocycles. The van der Waals surface area contributed by atoms with Gasteiger partial charge in [-0.15, -0.1) is 0 Å². The van der Waals surface area contributed by atoms with Crippen LogP contribution in [0.3, 0.4) is 0 Å². The molecular formula is C22H31PS2. The smallest absolute Gasteiger partial charge is 0.0231 e. The van der Waals surface area contributed by atoms with Crippen molar-refractivity contribution in [1.29, 1.82) is 0 Å². The molecule has 0 spiro atoms. The van der Waals surface area contributed by atoms with Gasteiger partial charge in [-0.1, -0.05) is 111 Å². The predicted octanol–water partition coefficient (Wildman–Crippen LogP) is 9.02. The third kappa shape index (κ3) is 9.73. The van der Waals surface area contributed by atoms with E-state index in [2.05, 4.69) is 90.4 Å². The fourth-order valence-corrected chi connectivity index (χ4v) is 9.87. The minimum absolute atomic E-state index is 0.110. The summed E-state index contributed by atoms with van der Waals surface area (Å²) in [4.78, 5) is 2.83. The van der Waals surface area contributed by atoms with Crippen LogP contribution in [0.15, 0.2) is 70.5 Å². The maximum atomic E-state index is 2.29. The average molecular weight is 391 g/mol. The Morgan fingerprint density at radius 3 is 1.52 bits per heavy atom. The summed E-state index contributed by atoms with van der Waals surface area (Å²) in [5.74, 6) is 0. The molecule has 0 saturated carbocycles. The summed E-state index contributed by atoms with van der Waals surface area (Å²) in [6.07, 6.45) is 12.5. The van der Waals surface area contributed by atoms with Gasteiger partial charge in [0.15, 0.2) is 0 Å². The highest BCUT2D eigenvalue weighted by Crippen LogP contribution is 2.66. The van der Waals surface area contributed by atoms with Crippen LogP contribution in [-0.4, -0.2) is 6.16 Å². The maximum Gasteiger partial charge on any atom is 0.0231 e. The molecule has 2 aromatic carbocycles. The number of hydrogen-bond donors (Lipinski definition) is 0. The normalized spacial score (nSPS) is 11.1. The Morgan fingerprint density at radius 2 is 1.04 bits per heavy atom. The van der Waals surface area contributed by atoms with E-state index >= 15 is 0 Å². The number of unbranched alkanes of at least 4 members (excludes halogenated alkanes) is 7. The number of hydrogen-bond acceptors (Lipinski definition) is 2. The van der Waals surface area contributed by atoms with Gasteiger partial charge < -0.3 is 0 Å². The lowest BCUT2D eigenvalue weighted by atomic mass is 10.1. The van der Waals surface area contributed by atoms with E-state index in [0.29, 0.717) is 0 Å². The second kappa shape index (κ2) is 13.7. The molecule has 136 valence electrons. The summed E-state index contributed by atoms with van der Waals surface area (Å²) < 4.78 is 0. The van der Waals surface area contributed by atoms with E-state index in [9.17, 15) is 0 Å². The van der Waals surface area contributed by atoms with Gasteiger partial charge in [0.25, 0.3) is 0 Å². The van der Waals surface area contributed by atoms with Crippen LogP contribution in [0.1, 0.15) is 58.3 Å². The van der Waals surface area contributed by atoms with Gasteiger partial charge in [-0.25, -0.2) is 0 Å². The molecule has 0 aliphatic carbocycles. The van der Waals surface area contributed by atoms with Crippen molar-refractivity contribution < 1.29 is 0 Å². The van der Waals surface area contributed by atoms with Crippen molar-refractivity contribution in [2.75, 3.05) is 6.16 Å². The molecule has 0 heterocycles. The van der Waals surface area contributed by atoms with Crippen LogP contribution in [0.25, 0.3) is 0 Å². The fourth-order valence-electron chi connectivity index (χ4n) is 2.68. The molecule has 0 bridgehead atoms. The van der Waals surface area contributed by atoms with Crippen molar-refractivity contribution >= 4 is 29.1 Å². The lowest BCUT2D eigenvalue weighted by molar-refractivity contribution is 0.586. The van der Waals surface area contributed by atoms with Crippen molar-refractivity contribution in [3.63, 3.8) is 0 Å². The summed E-state index contributed by atoms with van der Waals surface area (Å²) in [6, 6.07) is 21.8. The quantitative estimate of drug-likeness (QED) is 0.247. The van der Waals surface area contributed by atoms with Gasteiger partial charge in [0.1, 0.15) is 0 Å². The van der Waals surface area contributed by atoms with Crippen LogP contribution in [0.4, 0.5) is 0 Å². The molecule has 0 aliphatic rings. The minimum Gasteiger partial charge on any atom is -0.0868 e. The summed E-state index contributed by atoms with van der Waals surface area (Å²) in [6.45, 7) is 2.29. The lowest BCUT2D eigenvalue weighted by Crippen LogP contribution is -1.84. The third-order valence-electron chi connectivity index (χ3n) is 4.10. The molecule has 0 unspecified atom stereocenters. The van der Waals surface area contributed by atoms with Crippen LogP contribution in [0.5, 0.6) is 0 Å². The number of rotatable bonds is 13. The fraction of sp³-hybridized carbons (Fsp3) is 0.455. The Kier molecular flexibility index (Phi) is 11.5. The van der Waals surface area contributed by atoms with Gasteiger partial charge in [0, 0.05) is 16.1 Å². The van der Waals surface area contributed by atoms with Crippen LogP contribution in [-0.2, 0) is 0 Å². The zero-order valence-electron chi connectivity index (χ0n) is 15.4. The second-order valence-electron chi connectivity index (χ2n) is 6.34. The Morgan fingerprint density at radius 1 is 0.600 bits per heavy atom. The Hall–Kier alpha value is -0.430. The van der Waals surface area contributed by atoms with Crippen LogP contribution >= 0.6 is 29.1 Å². The van der Waals surface area contributed by atoms with E-state index < -0.39 is 0 Å². The van der Waals surface area contributed by atoms with Crippen molar-refractivity contribution in [3.05, 3.63) is 60.7 Å². The average Bonchev–Trinajstić information content (AvgIpc) is 2.65. The molecule has 0 nitrogen and oxygen atoms in total. The number of benzene rings is 2. The highest BCUT2D eigenvalue weighted by Gasteiger charge is 2.12. The van der Waals surface area contributed by atoms with Crippen molar-refractivity contribution in [1.82, 2.24) is 0 Å². The maximum absolute atomic E-state index is 2.29. The summed E-state index contributed by atoms with van der Waals surface area (Å²) in [5, 5.41) is 0. The summed E-state index contributed by atoms with van der Waals surface area (Å²) >= 11 is 4.17. The van der Waals surface area contributed by atoms with E-state index in [1.54, 1.807) is 0 Å². The first-order valence-electron chi connectivity index (χ1n) is 9.62. The second-order valence-corrected chi connectivity index (χ2v) is 13.2. The Labute approximate surface area is 163 Å². The largest absolute Gasteiger partial charge is 0.0868 e. The van der Waals surface area contributed by atoms with Gasteiger partial charge >= 0.3 is 0 Å². The molecule has 0 fully saturated rings. The van der Waals surface area contributed by atoms with Crippen molar-refractivity contribution in [2.45, 2.75) is 68.1 Å². The van der Waals surface area contributed by atoms with Gasteiger partial charge in [-0.2, -0.15) is 0 Å². The van der Waals surface area contributed by atoms with Crippen LogP contribution < -0.4 is 0 Å². The highest BCUT2D eigenvalue weighted by molar-refractivity contribution is 8.88. The zero-order chi connectivity index (χ0) is 17.6. The van der Waals surface area contributed by atoms with Gasteiger partial charge in [0.05, 0.1) is 0 Å². The van der Waals surface area contributed by atoms with Gasteiger partial charge in [-0.3, -0.25) is 0 Å². The highest BCUT2D eigenvalue weighted by atomic mass is 33.1. The first-order chi connectivity index (χ1) is 12.4. The molecule has 3 heteroatoms. The van der Waals surface area contributed by atoms with E-state index in [4.69, 9.17) is 0 Å². The molecule has 2 rings (SSSR count). The lowest BCUT2D eigenvalue weighted by Gasteiger charge is -2.16. The Balaban J connectivity index is 1.74. The van der Waals surface area contributed by atoms with Gasteiger partial charge in [-0.05, 0) is 36.8 Å². The SMILES string of the molecule is CCCCCCCCCCP(Sc1ccccc1)Sc1ccccc1. The first-order valence-corrected chi connectivity index (χ1v) is 14.0. The molecule has 0 amide bonds. The molecule has 0 aliphatic heterocycles. The predicted molar refractivity (Wildman–Crippen MR) is 119 cm³/mol. The summed E-state index contributed by atoms with van der Waals surface area (Å²) in [5.41, 5.74) is 0. The molecule has 25 heavy (non-hydrogen) atoms. The van der Waals surface area contributed by atoms with E-state index in [1.165, 1.54) is 67.3 Å². The molecule has 0 N–H and O–H groups in total. The zero-order valence-corrected chi connectivity index (χ0v) is 17.9. The molecule has 0 radical (unpaired) electrons. The van der Waals surface area contributed by atoms with Crippen molar-refractivity contribution in [2.24, 2.45) is 0 Å². The van der Waals surface area contributed by atoms with E-state index in [1.807, 2.05) is 0 Å².